The minimum Gasteiger partial charge on any atom is -0.481 e. The van der Waals surface area contributed by atoms with E-state index in [-0.39, 0.29) is 24.5 Å². The molecule has 2 rings (SSSR count). The van der Waals surface area contributed by atoms with Crippen molar-refractivity contribution in [3.05, 3.63) is 35.4 Å². The van der Waals surface area contributed by atoms with E-state index in [1.165, 1.54) is 12.8 Å². The number of amides is 1. The van der Waals surface area contributed by atoms with Crippen molar-refractivity contribution < 1.29 is 14.7 Å². The summed E-state index contributed by atoms with van der Waals surface area (Å²) in [5, 5.41) is 14.7. The van der Waals surface area contributed by atoms with Crippen molar-refractivity contribution in [3.8, 4) is 0 Å². The van der Waals surface area contributed by atoms with E-state index in [4.69, 9.17) is 10.8 Å². The molecule has 0 spiro atoms. The van der Waals surface area contributed by atoms with Crippen molar-refractivity contribution in [3.63, 3.8) is 0 Å². The Morgan fingerprint density at radius 1 is 1.19 bits per heavy atom. The largest absolute Gasteiger partial charge is 0.481 e. The van der Waals surface area contributed by atoms with Gasteiger partial charge in [-0.15, -0.1) is 0 Å². The van der Waals surface area contributed by atoms with Crippen molar-refractivity contribution in [1.82, 2.24) is 10.6 Å². The van der Waals surface area contributed by atoms with Gasteiger partial charge in [0.1, 0.15) is 0 Å². The molecule has 1 aliphatic rings. The number of carbonyl (C=O) groups excluding carboxylic acids is 1. The zero-order chi connectivity index (χ0) is 19.9. The highest BCUT2D eigenvalue weighted by molar-refractivity contribution is 5.94. The number of aliphatic carboxylic acids is 1. The molecule has 0 radical (unpaired) electrons. The van der Waals surface area contributed by atoms with Crippen molar-refractivity contribution in [2.45, 2.75) is 58.0 Å². The topological polar surface area (TPSA) is 104 Å². The fourth-order valence-corrected chi connectivity index (χ4v) is 3.66. The number of rotatable bonds is 9. The van der Waals surface area contributed by atoms with E-state index in [2.05, 4.69) is 24.5 Å². The van der Waals surface area contributed by atoms with E-state index in [1.807, 2.05) is 12.1 Å². The smallest absolute Gasteiger partial charge is 0.305 e. The Kier molecular flexibility index (Phi) is 7.80. The van der Waals surface area contributed by atoms with Crippen LogP contribution in [0, 0.1) is 11.8 Å². The fraction of sp³-hybridized carbons (Fsp3) is 0.619. The maximum absolute atomic E-state index is 11.9. The number of benzene rings is 1. The average molecular weight is 376 g/mol. The van der Waals surface area contributed by atoms with Crippen LogP contribution in [-0.2, 0) is 11.2 Å². The molecule has 0 aliphatic heterocycles. The van der Waals surface area contributed by atoms with E-state index >= 15 is 0 Å². The van der Waals surface area contributed by atoms with Gasteiger partial charge in [0.05, 0.1) is 12.1 Å². The lowest BCUT2D eigenvalue weighted by molar-refractivity contribution is -0.136. The van der Waals surface area contributed by atoms with E-state index in [9.17, 15) is 9.59 Å². The number of nitrogens with one attached hydrogen (secondary N) is 2. The number of carboxylic acid groups (broad SMARTS) is 1. The van der Waals surface area contributed by atoms with Gasteiger partial charge in [-0.3, -0.25) is 14.9 Å². The molecule has 5 N–H and O–H groups in total. The van der Waals surface area contributed by atoms with Gasteiger partial charge in [-0.1, -0.05) is 26.0 Å². The normalized spacial score (nSPS) is 22.6. The Balaban J connectivity index is 1.73. The second-order valence-corrected chi connectivity index (χ2v) is 8.01. The van der Waals surface area contributed by atoms with E-state index in [1.54, 1.807) is 12.1 Å². The lowest BCUT2D eigenvalue weighted by Gasteiger charge is -2.39. The highest BCUT2D eigenvalue weighted by Gasteiger charge is 2.31. The number of hydrogen-bond donors (Lipinski definition) is 4. The average Bonchev–Trinajstić information content (AvgIpc) is 2.62. The van der Waals surface area contributed by atoms with E-state index in [0.717, 1.165) is 43.2 Å². The van der Waals surface area contributed by atoms with Gasteiger partial charge in [-0.05, 0) is 61.6 Å². The van der Waals surface area contributed by atoms with Gasteiger partial charge in [0.2, 0.25) is 0 Å². The number of carbonyl (C=O) groups is 2. The lowest BCUT2D eigenvalue weighted by atomic mass is 9.77. The molecule has 1 aromatic carbocycles. The summed E-state index contributed by atoms with van der Waals surface area (Å²) >= 11 is 0. The van der Waals surface area contributed by atoms with Gasteiger partial charge >= 0.3 is 5.97 Å². The molecule has 150 valence electrons. The number of carboxylic acids is 1. The molecule has 6 heteroatoms. The molecule has 1 saturated carbocycles. The van der Waals surface area contributed by atoms with Crippen molar-refractivity contribution in [2.75, 3.05) is 13.1 Å². The summed E-state index contributed by atoms with van der Waals surface area (Å²) in [4.78, 5) is 22.4. The van der Waals surface area contributed by atoms with Crippen LogP contribution < -0.4 is 16.4 Å². The molecule has 1 fully saturated rings. The van der Waals surface area contributed by atoms with Gasteiger partial charge in [0.15, 0.2) is 0 Å². The lowest BCUT2D eigenvalue weighted by Crippen LogP contribution is -2.56. The van der Waals surface area contributed by atoms with Crippen LogP contribution in [0.4, 0.5) is 0 Å². The molecule has 6 nitrogen and oxygen atoms in total. The van der Waals surface area contributed by atoms with Gasteiger partial charge in [-0.25, -0.2) is 0 Å². The first-order valence-electron chi connectivity index (χ1n) is 9.92. The van der Waals surface area contributed by atoms with Crippen LogP contribution in [0.5, 0.6) is 0 Å². The zero-order valence-electron chi connectivity index (χ0n) is 16.5. The van der Waals surface area contributed by atoms with Crippen molar-refractivity contribution in [1.29, 1.82) is 0 Å². The molecule has 0 bridgehead atoms. The summed E-state index contributed by atoms with van der Waals surface area (Å²) in [6.45, 7) is 5.53. The second-order valence-electron chi connectivity index (χ2n) is 8.01. The Labute approximate surface area is 161 Å². The first-order valence-corrected chi connectivity index (χ1v) is 9.92. The van der Waals surface area contributed by atoms with Crippen LogP contribution in [0.25, 0.3) is 0 Å². The maximum atomic E-state index is 11.9. The molecule has 0 atom stereocenters. The fourth-order valence-electron chi connectivity index (χ4n) is 3.66. The molecule has 0 aromatic heterocycles. The third kappa shape index (κ3) is 6.96. The second kappa shape index (κ2) is 9.85. The monoisotopic (exact) mass is 375 g/mol. The van der Waals surface area contributed by atoms with Crippen LogP contribution in [-0.4, -0.2) is 35.7 Å². The number of hydrogen-bond acceptors (Lipinski definition) is 4. The van der Waals surface area contributed by atoms with Gasteiger partial charge in [-0.2, -0.15) is 0 Å². The molecular formula is C21H33N3O3. The Bertz CT molecular complexity index is 620. The molecule has 0 unspecified atom stereocenters. The van der Waals surface area contributed by atoms with Crippen LogP contribution in [0.2, 0.25) is 0 Å². The van der Waals surface area contributed by atoms with E-state index < -0.39 is 5.97 Å². The predicted octanol–water partition coefficient (Wildman–Crippen LogP) is 2.52. The standard InChI is InChI=1S/C21H33N3O3/c1-15(2)17-7-11-21(22,12-8-17)24-14-9-16-3-5-18(6-4-16)20(27)23-13-10-19(25)26/h3-6,15,17,24H,7-14,22H2,1-2H3,(H,23,27)(H,25,26). The van der Waals surface area contributed by atoms with Crippen LogP contribution in [0.1, 0.15) is 61.9 Å². The third-order valence-electron chi connectivity index (χ3n) is 5.60. The SMILES string of the molecule is CC(C)C1CCC(N)(NCCc2ccc(C(=O)NCCC(=O)O)cc2)CC1. The quantitative estimate of drug-likeness (QED) is 0.497. The van der Waals surface area contributed by atoms with Crippen LogP contribution >= 0.6 is 0 Å². The first-order chi connectivity index (χ1) is 12.8. The molecule has 1 amide bonds. The molecule has 1 aliphatic carbocycles. The summed E-state index contributed by atoms with van der Waals surface area (Å²) in [7, 11) is 0. The Morgan fingerprint density at radius 3 is 2.37 bits per heavy atom. The summed E-state index contributed by atoms with van der Waals surface area (Å²) in [6, 6.07) is 7.42. The predicted molar refractivity (Wildman–Crippen MR) is 106 cm³/mol. The minimum absolute atomic E-state index is 0.0752. The third-order valence-corrected chi connectivity index (χ3v) is 5.60. The Hall–Kier alpha value is -1.92. The summed E-state index contributed by atoms with van der Waals surface area (Å²) in [6.07, 6.45) is 5.19. The van der Waals surface area contributed by atoms with Gasteiger partial charge < -0.3 is 16.2 Å². The molecule has 0 saturated heterocycles. The first kappa shape index (κ1) is 21.4. The Morgan fingerprint density at radius 2 is 1.81 bits per heavy atom. The van der Waals surface area contributed by atoms with Crippen molar-refractivity contribution >= 4 is 11.9 Å². The van der Waals surface area contributed by atoms with Crippen LogP contribution in [0.15, 0.2) is 24.3 Å². The van der Waals surface area contributed by atoms with Crippen LogP contribution in [0.3, 0.4) is 0 Å². The van der Waals surface area contributed by atoms with E-state index in [0.29, 0.717) is 5.56 Å². The van der Waals surface area contributed by atoms with Gasteiger partial charge in [0.25, 0.3) is 5.91 Å². The summed E-state index contributed by atoms with van der Waals surface area (Å²) in [5.74, 6) is 0.351. The molecule has 1 aromatic rings. The summed E-state index contributed by atoms with van der Waals surface area (Å²) in [5.41, 5.74) is 7.94. The highest BCUT2D eigenvalue weighted by atomic mass is 16.4. The molecule has 27 heavy (non-hydrogen) atoms. The van der Waals surface area contributed by atoms with Crippen molar-refractivity contribution in [2.24, 2.45) is 17.6 Å². The maximum Gasteiger partial charge on any atom is 0.305 e. The van der Waals surface area contributed by atoms with Gasteiger partial charge in [0, 0.05) is 18.7 Å². The summed E-state index contributed by atoms with van der Waals surface area (Å²) < 4.78 is 0. The highest BCUT2D eigenvalue weighted by Crippen LogP contribution is 2.33. The molecule has 0 heterocycles. The molecular weight excluding hydrogens is 342 g/mol. The minimum atomic E-state index is -0.923. The zero-order valence-corrected chi connectivity index (χ0v) is 16.5. The number of nitrogens with two attached hydrogens (primary N) is 1.